The van der Waals surface area contributed by atoms with Crippen molar-refractivity contribution in [3.8, 4) is 5.75 Å². The molecule has 2 aromatic heterocycles. The summed E-state index contributed by atoms with van der Waals surface area (Å²) in [6.45, 7) is 1.48. The summed E-state index contributed by atoms with van der Waals surface area (Å²) in [4.78, 5) is 20.3. The Bertz CT molecular complexity index is 1570. The molecule has 1 aliphatic rings. The molecule has 1 aliphatic heterocycles. The highest BCUT2D eigenvalue weighted by atomic mass is 32.2. The van der Waals surface area contributed by atoms with Gasteiger partial charge in [-0.15, -0.1) is 10.2 Å². The average Bonchev–Trinajstić information content (AvgIpc) is 3.43. The summed E-state index contributed by atoms with van der Waals surface area (Å²) < 4.78 is 73.0. The van der Waals surface area contributed by atoms with Gasteiger partial charge in [-0.05, 0) is 42.5 Å². The fraction of sp³-hybridized carbons (Fsp3) is 0.250. The van der Waals surface area contributed by atoms with Crippen LogP contribution in [0.25, 0.3) is 10.9 Å². The van der Waals surface area contributed by atoms with Crippen molar-refractivity contribution in [1.82, 2.24) is 20.1 Å². The van der Waals surface area contributed by atoms with E-state index in [4.69, 9.17) is 4.74 Å². The van der Waals surface area contributed by atoms with Gasteiger partial charge in [-0.1, -0.05) is 17.4 Å². The molecule has 1 saturated heterocycles. The van der Waals surface area contributed by atoms with Crippen molar-refractivity contribution in [2.24, 2.45) is 0 Å². The van der Waals surface area contributed by atoms with E-state index in [0.29, 0.717) is 26.2 Å². The molecule has 4 aromatic rings. The topological polar surface area (TPSA) is 118 Å². The van der Waals surface area contributed by atoms with Gasteiger partial charge < -0.3 is 14.5 Å². The summed E-state index contributed by atoms with van der Waals surface area (Å²) >= 11 is 1.07. The largest absolute Gasteiger partial charge is 0.483 e. The second-order valence-electron chi connectivity index (χ2n) is 8.51. The van der Waals surface area contributed by atoms with Crippen LogP contribution in [0.3, 0.4) is 0 Å². The summed E-state index contributed by atoms with van der Waals surface area (Å²) in [5.41, 5.74) is 1.12. The zero-order valence-corrected chi connectivity index (χ0v) is 21.8. The van der Waals surface area contributed by atoms with Crippen LogP contribution in [0, 0.1) is 0 Å². The Morgan fingerprint density at radius 2 is 1.79 bits per heavy atom. The molecule has 5 rings (SSSR count). The number of para-hydroxylation sites is 1. The number of amides is 1. The van der Waals surface area contributed by atoms with Crippen LogP contribution in [0.1, 0.15) is 5.56 Å². The lowest BCUT2D eigenvalue weighted by atomic mass is 10.1. The molecule has 2 aromatic carbocycles. The normalized spacial score (nSPS) is 14.4. The van der Waals surface area contributed by atoms with Crippen LogP contribution in [0.5, 0.6) is 5.75 Å². The molecule has 0 unspecified atom stereocenters. The van der Waals surface area contributed by atoms with Crippen molar-refractivity contribution in [3.63, 3.8) is 0 Å². The molecule has 0 aliphatic carbocycles. The second-order valence-corrected chi connectivity index (χ2v) is 11.0. The smallest absolute Gasteiger partial charge is 0.418 e. The van der Waals surface area contributed by atoms with Crippen molar-refractivity contribution < 1.29 is 31.1 Å². The Hall–Kier alpha value is -3.98. The van der Waals surface area contributed by atoms with Crippen LogP contribution < -0.4 is 14.4 Å². The third-order valence-corrected chi connectivity index (χ3v) is 8.20. The number of halogens is 3. The molecule has 15 heteroatoms. The number of hydrogen-bond donors (Lipinski definition) is 1. The lowest BCUT2D eigenvalue weighted by molar-refractivity contribution is -0.136. The highest BCUT2D eigenvalue weighted by Crippen LogP contribution is 2.36. The Balaban J connectivity index is 1.17. The highest BCUT2D eigenvalue weighted by molar-refractivity contribution is 7.93. The third-order valence-electron chi connectivity index (χ3n) is 6.11. The maximum atomic E-state index is 13.3. The van der Waals surface area contributed by atoms with Crippen LogP contribution in [0.15, 0.2) is 65.1 Å². The molecule has 10 nitrogen and oxygen atoms in total. The standard InChI is InChI=1S/C24H21F3N6O4S2/c25-24(26,27)19-3-1-2-18-20(8-9-28-22(18)19)37-14-21(34)33-12-10-32(11-13-33)16-4-6-17(7-5-16)39(35,36)31-23-30-29-15-38-23/h1-9,15H,10-14H2,(H,30,31). The van der Waals surface area contributed by atoms with E-state index in [9.17, 15) is 26.4 Å². The van der Waals surface area contributed by atoms with Crippen LogP contribution >= 0.6 is 11.3 Å². The summed E-state index contributed by atoms with van der Waals surface area (Å²) in [6, 6.07) is 11.5. The Morgan fingerprint density at radius 3 is 2.46 bits per heavy atom. The maximum Gasteiger partial charge on any atom is 0.418 e. The Morgan fingerprint density at radius 1 is 1.05 bits per heavy atom. The quantitative estimate of drug-likeness (QED) is 0.353. The average molecular weight is 579 g/mol. The number of fused-ring (bicyclic) bond motifs is 1. The van der Waals surface area contributed by atoms with Crippen LogP contribution in [-0.2, 0) is 21.0 Å². The van der Waals surface area contributed by atoms with E-state index in [1.165, 1.54) is 42.0 Å². The first-order chi connectivity index (χ1) is 18.6. The minimum atomic E-state index is -4.56. The fourth-order valence-electron chi connectivity index (χ4n) is 4.18. The minimum Gasteiger partial charge on any atom is -0.483 e. The van der Waals surface area contributed by atoms with Gasteiger partial charge in [-0.25, -0.2) is 8.42 Å². The van der Waals surface area contributed by atoms with E-state index >= 15 is 0 Å². The second kappa shape index (κ2) is 10.6. The lowest BCUT2D eigenvalue weighted by Crippen LogP contribution is -2.50. The molecule has 1 N–H and O–H groups in total. The van der Waals surface area contributed by atoms with E-state index in [-0.39, 0.29) is 39.2 Å². The molecule has 3 heterocycles. The van der Waals surface area contributed by atoms with Gasteiger partial charge >= 0.3 is 6.18 Å². The summed E-state index contributed by atoms with van der Waals surface area (Å²) in [7, 11) is -3.79. The molecule has 204 valence electrons. The van der Waals surface area contributed by atoms with E-state index in [2.05, 4.69) is 19.9 Å². The van der Waals surface area contributed by atoms with Crippen molar-refractivity contribution in [2.45, 2.75) is 11.1 Å². The van der Waals surface area contributed by atoms with Gasteiger partial charge in [0.15, 0.2) is 6.61 Å². The molecule has 0 saturated carbocycles. The van der Waals surface area contributed by atoms with Gasteiger partial charge in [0.2, 0.25) is 5.13 Å². The predicted molar refractivity (Wildman–Crippen MR) is 138 cm³/mol. The van der Waals surface area contributed by atoms with Gasteiger partial charge in [0, 0.05) is 43.4 Å². The molecule has 39 heavy (non-hydrogen) atoms. The number of carbonyl (C=O) groups is 1. The third kappa shape index (κ3) is 5.88. The number of sulfonamides is 1. The number of piperazine rings is 1. The van der Waals surface area contributed by atoms with Gasteiger partial charge in [0.1, 0.15) is 11.3 Å². The number of pyridine rings is 1. The molecule has 0 radical (unpaired) electrons. The minimum absolute atomic E-state index is 0.0819. The fourth-order valence-corrected chi connectivity index (χ4v) is 5.87. The number of alkyl halides is 3. The molecule has 0 spiro atoms. The van der Waals surface area contributed by atoms with Crippen LogP contribution in [-0.4, -0.2) is 67.2 Å². The first-order valence-electron chi connectivity index (χ1n) is 11.6. The summed E-state index contributed by atoms with van der Waals surface area (Å²) in [6.07, 6.45) is -3.34. The van der Waals surface area contributed by atoms with Gasteiger partial charge in [-0.2, -0.15) is 13.2 Å². The first kappa shape index (κ1) is 26.6. The number of nitrogens with one attached hydrogen (secondary N) is 1. The molecule has 1 amide bonds. The number of aromatic nitrogens is 3. The number of hydrogen-bond acceptors (Lipinski definition) is 9. The maximum absolute atomic E-state index is 13.3. The van der Waals surface area contributed by atoms with E-state index in [1.54, 1.807) is 17.0 Å². The SMILES string of the molecule is O=C(COc1ccnc2c(C(F)(F)F)cccc12)N1CCN(c2ccc(S(=O)(=O)Nc3nncs3)cc2)CC1. The number of carbonyl (C=O) groups excluding carboxylic acids is 1. The Kier molecular flexibility index (Phi) is 7.27. The number of ether oxygens (including phenoxy) is 1. The van der Waals surface area contributed by atoms with Crippen molar-refractivity contribution >= 4 is 49.0 Å². The predicted octanol–water partition coefficient (Wildman–Crippen LogP) is 3.63. The number of rotatable bonds is 7. The Labute approximate surface area is 225 Å². The monoisotopic (exact) mass is 578 g/mol. The zero-order valence-electron chi connectivity index (χ0n) is 20.1. The van der Waals surface area contributed by atoms with E-state index < -0.39 is 21.8 Å². The molecular weight excluding hydrogens is 557 g/mol. The lowest BCUT2D eigenvalue weighted by Gasteiger charge is -2.36. The van der Waals surface area contributed by atoms with Crippen molar-refractivity contribution in [1.29, 1.82) is 0 Å². The number of benzene rings is 2. The van der Waals surface area contributed by atoms with E-state index in [1.807, 2.05) is 4.90 Å². The first-order valence-corrected chi connectivity index (χ1v) is 14.0. The molecular formula is C24H21F3N6O4S2. The highest BCUT2D eigenvalue weighted by Gasteiger charge is 2.33. The van der Waals surface area contributed by atoms with E-state index in [0.717, 1.165) is 23.1 Å². The van der Waals surface area contributed by atoms with Gasteiger partial charge in [-0.3, -0.25) is 14.5 Å². The van der Waals surface area contributed by atoms with Crippen molar-refractivity contribution in [2.75, 3.05) is 42.4 Å². The van der Waals surface area contributed by atoms with Crippen molar-refractivity contribution in [3.05, 3.63) is 65.8 Å². The number of nitrogens with zero attached hydrogens (tertiary/aromatic N) is 5. The summed E-state index contributed by atoms with van der Waals surface area (Å²) in [5.74, 6) is -0.149. The zero-order chi connectivity index (χ0) is 27.6. The summed E-state index contributed by atoms with van der Waals surface area (Å²) in [5, 5.41) is 7.63. The molecule has 0 bridgehead atoms. The van der Waals surface area contributed by atoms with Crippen LogP contribution in [0.4, 0.5) is 24.0 Å². The molecule has 1 fully saturated rings. The van der Waals surface area contributed by atoms with Gasteiger partial charge in [0.05, 0.1) is 16.0 Å². The molecule has 0 atom stereocenters. The van der Waals surface area contributed by atoms with Crippen LogP contribution in [0.2, 0.25) is 0 Å². The van der Waals surface area contributed by atoms with Gasteiger partial charge in [0.25, 0.3) is 15.9 Å². The number of anilines is 2.